The van der Waals surface area contributed by atoms with Crippen molar-refractivity contribution in [2.24, 2.45) is 17.8 Å². The summed E-state index contributed by atoms with van der Waals surface area (Å²) in [7, 11) is 0. The fourth-order valence-electron chi connectivity index (χ4n) is 4.95. The van der Waals surface area contributed by atoms with Crippen LogP contribution in [-0.2, 0) is 6.54 Å². The van der Waals surface area contributed by atoms with Crippen LogP contribution in [0, 0.1) is 17.8 Å². The molecule has 1 heterocycles. The van der Waals surface area contributed by atoms with E-state index in [1.165, 1.54) is 37.8 Å². The Morgan fingerprint density at radius 1 is 1.08 bits per heavy atom. The maximum atomic E-state index is 4.08. The maximum Gasteiger partial charge on any atom is 0.0237 e. The average Bonchev–Trinajstić information content (AvgIpc) is 2.87. The normalized spacial score (nSPS) is 34.8. The highest BCUT2D eigenvalue weighted by Crippen LogP contribution is 2.34. The predicted molar refractivity (Wildman–Crippen MR) is 103 cm³/mol. The van der Waals surface area contributed by atoms with Crippen LogP contribution < -0.4 is 5.32 Å². The van der Waals surface area contributed by atoms with Crippen molar-refractivity contribution in [2.45, 2.75) is 78.0 Å². The van der Waals surface area contributed by atoms with E-state index in [1.807, 2.05) is 0 Å². The molecule has 1 aromatic carbocycles. The first-order chi connectivity index (χ1) is 11.5. The lowest BCUT2D eigenvalue weighted by molar-refractivity contribution is 0.158. The molecule has 1 saturated heterocycles. The van der Waals surface area contributed by atoms with Gasteiger partial charge in [0.25, 0.3) is 0 Å². The van der Waals surface area contributed by atoms with Crippen LogP contribution in [0.3, 0.4) is 0 Å². The maximum absolute atomic E-state index is 4.08. The van der Waals surface area contributed by atoms with E-state index < -0.39 is 0 Å². The summed E-state index contributed by atoms with van der Waals surface area (Å²) in [5.41, 5.74) is 1.44. The molecule has 1 N–H and O–H groups in total. The summed E-state index contributed by atoms with van der Waals surface area (Å²) in [4.78, 5) is 2.66. The summed E-state index contributed by atoms with van der Waals surface area (Å²) < 4.78 is 0. The van der Waals surface area contributed by atoms with Crippen LogP contribution in [0.1, 0.15) is 58.9 Å². The van der Waals surface area contributed by atoms with Crippen LogP contribution >= 0.6 is 0 Å². The van der Waals surface area contributed by atoms with Gasteiger partial charge in [0.1, 0.15) is 0 Å². The lowest BCUT2D eigenvalue weighted by Gasteiger charge is -2.39. The SMILES string of the molecule is CC1CCC(C(C)C)C(NC2CC(C)N(Cc3ccccc3)C2)C1. The Hall–Kier alpha value is -0.860. The average molecular weight is 329 g/mol. The van der Waals surface area contributed by atoms with Crippen molar-refractivity contribution in [1.29, 1.82) is 0 Å². The van der Waals surface area contributed by atoms with Crippen LogP contribution in [0.2, 0.25) is 0 Å². The summed E-state index contributed by atoms with van der Waals surface area (Å²) >= 11 is 0. The Morgan fingerprint density at radius 3 is 2.54 bits per heavy atom. The van der Waals surface area contributed by atoms with Crippen molar-refractivity contribution in [3.05, 3.63) is 35.9 Å². The summed E-state index contributed by atoms with van der Waals surface area (Å²) in [5.74, 6) is 2.55. The summed E-state index contributed by atoms with van der Waals surface area (Å²) in [6.45, 7) is 11.9. The Morgan fingerprint density at radius 2 is 1.83 bits per heavy atom. The van der Waals surface area contributed by atoms with Crippen molar-refractivity contribution in [3.63, 3.8) is 0 Å². The molecule has 2 aliphatic rings. The fourth-order valence-corrected chi connectivity index (χ4v) is 4.95. The standard InChI is InChI=1S/C22H36N2/c1-16(2)21-11-10-17(3)12-22(21)23-20-13-18(4)24(15-20)14-19-8-6-5-7-9-19/h5-9,16-18,20-23H,10-15H2,1-4H3. The smallest absolute Gasteiger partial charge is 0.0237 e. The zero-order chi connectivity index (χ0) is 17.1. The summed E-state index contributed by atoms with van der Waals surface area (Å²) in [5, 5.41) is 4.08. The number of hydrogen-bond acceptors (Lipinski definition) is 2. The first-order valence-electron chi connectivity index (χ1n) is 10.1. The number of nitrogens with zero attached hydrogens (tertiary/aromatic N) is 1. The van der Waals surface area contributed by atoms with Crippen LogP contribution in [0.4, 0.5) is 0 Å². The molecule has 0 spiro atoms. The van der Waals surface area contributed by atoms with E-state index in [9.17, 15) is 0 Å². The van der Waals surface area contributed by atoms with Crippen LogP contribution in [0.25, 0.3) is 0 Å². The van der Waals surface area contributed by atoms with Crippen molar-refractivity contribution in [2.75, 3.05) is 6.54 Å². The van der Waals surface area contributed by atoms with E-state index in [0.29, 0.717) is 12.1 Å². The van der Waals surface area contributed by atoms with E-state index in [2.05, 4.69) is 68.2 Å². The molecule has 0 aromatic heterocycles. The quantitative estimate of drug-likeness (QED) is 0.843. The lowest BCUT2D eigenvalue weighted by atomic mass is 9.74. The first-order valence-corrected chi connectivity index (χ1v) is 10.1. The third kappa shape index (κ3) is 4.40. The van der Waals surface area contributed by atoms with E-state index in [0.717, 1.165) is 30.3 Å². The summed E-state index contributed by atoms with van der Waals surface area (Å²) in [6, 6.07) is 13.0. The third-order valence-electron chi connectivity index (χ3n) is 6.40. The predicted octanol–water partition coefficient (Wildman–Crippen LogP) is 4.70. The van der Waals surface area contributed by atoms with Gasteiger partial charge in [-0.05, 0) is 49.5 Å². The van der Waals surface area contributed by atoms with Crippen LogP contribution in [0.5, 0.6) is 0 Å². The zero-order valence-electron chi connectivity index (χ0n) is 16.0. The Balaban J connectivity index is 1.57. The van der Waals surface area contributed by atoms with E-state index in [-0.39, 0.29) is 0 Å². The van der Waals surface area contributed by atoms with E-state index in [4.69, 9.17) is 0 Å². The van der Waals surface area contributed by atoms with Crippen molar-refractivity contribution in [3.8, 4) is 0 Å². The number of rotatable bonds is 5. The van der Waals surface area contributed by atoms with Gasteiger partial charge in [-0.1, -0.05) is 57.5 Å². The van der Waals surface area contributed by atoms with Gasteiger partial charge >= 0.3 is 0 Å². The largest absolute Gasteiger partial charge is 0.310 e. The fraction of sp³-hybridized carbons (Fsp3) is 0.727. The second-order valence-electron chi connectivity index (χ2n) is 8.80. The molecule has 0 bridgehead atoms. The second kappa shape index (κ2) is 8.01. The Kier molecular flexibility index (Phi) is 5.99. The van der Waals surface area contributed by atoms with Gasteiger partial charge in [0.15, 0.2) is 0 Å². The van der Waals surface area contributed by atoms with Crippen LogP contribution in [-0.4, -0.2) is 29.6 Å². The number of benzene rings is 1. The van der Waals surface area contributed by atoms with Crippen molar-refractivity contribution in [1.82, 2.24) is 10.2 Å². The molecule has 2 heteroatoms. The lowest BCUT2D eigenvalue weighted by Crippen LogP contribution is -2.48. The molecular formula is C22H36N2. The molecule has 0 amide bonds. The molecule has 134 valence electrons. The molecular weight excluding hydrogens is 292 g/mol. The minimum atomic E-state index is 0.667. The highest BCUT2D eigenvalue weighted by molar-refractivity contribution is 5.15. The minimum absolute atomic E-state index is 0.667. The molecule has 3 rings (SSSR count). The van der Waals surface area contributed by atoms with Gasteiger partial charge in [-0.15, -0.1) is 0 Å². The van der Waals surface area contributed by atoms with Crippen molar-refractivity contribution < 1.29 is 0 Å². The third-order valence-corrected chi connectivity index (χ3v) is 6.40. The topological polar surface area (TPSA) is 15.3 Å². The Bertz CT molecular complexity index is 498. The van der Waals surface area contributed by atoms with Crippen molar-refractivity contribution >= 4 is 0 Å². The second-order valence-corrected chi connectivity index (χ2v) is 8.80. The van der Waals surface area contributed by atoms with Gasteiger partial charge in [-0.2, -0.15) is 0 Å². The molecule has 24 heavy (non-hydrogen) atoms. The molecule has 1 saturated carbocycles. The highest BCUT2D eigenvalue weighted by Gasteiger charge is 2.35. The van der Waals surface area contributed by atoms with E-state index in [1.54, 1.807) is 0 Å². The van der Waals surface area contributed by atoms with Gasteiger partial charge in [0.2, 0.25) is 0 Å². The molecule has 5 unspecified atom stereocenters. The van der Waals surface area contributed by atoms with Gasteiger partial charge in [-0.25, -0.2) is 0 Å². The van der Waals surface area contributed by atoms with Gasteiger partial charge < -0.3 is 5.32 Å². The highest BCUT2D eigenvalue weighted by atomic mass is 15.2. The van der Waals surface area contributed by atoms with Crippen LogP contribution in [0.15, 0.2) is 30.3 Å². The first kappa shape index (κ1) is 17.9. The number of likely N-dealkylation sites (tertiary alicyclic amines) is 1. The minimum Gasteiger partial charge on any atom is -0.310 e. The monoisotopic (exact) mass is 328 g/mol. The van der Waals surface area contributed by atoms with E-state index >= 15 is 0 Å². The molecule has 1 aliphatic heterocycles. The molecule has 0 radical (unpaired) electrons. The zero-order valence-corrected chi connectivity index (χ0v) is 16.0. The molecule has 1 aliphatic carbocycles. The molecule has 1 aromatic rings. The number of hydrogen-bond donors (Lipinski definition) is 1. The van der Waals surface area contributed by atoms with Gasteiger partial charge in [-0.3, -0.25) is 4.90 Å². The Labute approximate surface area is 149 Å². The van der Waals surface area contributed by atoms with Gasteiger partial charge in [0.05, 0.1) is 0 Å². The molecule has 2 fully saturated rings. The molecule has 5 atom stereocenters. The summed E-state index contributed by atoms with van der Waals surface area (Å²) in [6.07, 6.45) is 5.49. The van der Waals surface area contributed by atoms with Gasteiger partial charge in [0, 0.05) is 31.2 Å². The number of nitrogens with one attached hydrogen (secondary N) is 1. The molecule has 2 nitrogen and oxygen atoms in total.